The Labute approximate surface area is 149 Å². The van der Waals surface area contributed by atoms with Gasteiger partial charge in [-0.2, -0.15) is 18.3 Å². The normalized spacial score (nSPS) is 11.5. The van der Waals surface area contributed by atoms with E-state index in [0.29, 0.717) is 26.5 Å². The number of pyridine rings is 1. The second kappa shape index (κ2) is 6.89. The molecule has 9 heteroatoms. The first kappa shape index (κ1) is 17.5. The lowest BCUT2D eigenvalue weighted by atomic mass is 10.2. The first-order valence-electron chi connectivity index (χ1n) is 6.90. The molecule has 0 radical (unpaired) electrons. The van der Waals surface area contributed by atoms with Gasteiger partial charge < -0.3 is 0 Å². The van der Waals surface area contributed by atoms with Gasteiger partial charge in [0, 0.05) is 11.2 Å². The summed E-state index contributed by atoms with van der Waals surface area (Å²) in [5, 5.41) is 3.64. The van der Waals surface area contributed by atoms with Crippen LogP contribution in [-0.4, -0.2) is 19.9 Å². The van der Waals surface area contributed by atoms with Crippen LogP contribution in [-0.2, 0) is 6.18 Å². The maximum atomic E-state index is 13.5. The molecule has 0 amide bonds. The van der Waals surface area contributed by atoms with Crippen LogP contribution in [0.4, 0.5) is 13.2 Å². The van der Waals surface area contributed by atoms with Crippen LogP contribution < -0.4 is 0 Å². The zero-order valence-corrected chi connectivity index (χ0v) is 13.9. The van der Waals surface area contributed by atoms with Gasteiger partial charge in [-0.1, -0.05) is 17.7 Å². The number of carbonyl (C=O) groups excluding carboxylic acids is 1. The zero-order valence-electron chi connectivity index (χ0n) is 12.4. The van der Waals surface area contributed by atoms with Gasteiger partial charge in [0.1, 0.15) is 5.03 Å². The van der Waals surface area contributed by atoms with Crippen molar-refractivity contribution in [2.75, 3.05) is 0 Å². The largest absolute Gasteiger partial charge is 0.434 e. The summed E-state index contributed by atoms with van der Waals surface area (Å²) < 4.78 is 41.3. The molecule has 0 N–H and O–H groups in total. The van der Waals surface area contributed by atoms with E-state index in [1.54, 1.807) is 18.2 Å². The quantitative estimate of drug-likeness (QED) is 0.605. The van der Waals surface area contributed by atoms with Crippen molar-refractivity contribution in [1.29, 1.82) is 0 Å². The number of benzene rings is 1. The topological polar surface area (TPSA) is 47.8 Å². The van der Waals surface area contributed by atoms with Crippen LogP contribution in [0, 0.1) is 0 Å². The van der Waals surface area contributed by atoms with Gasteiger partial charge in [-0.15, -0.1) is 0 Å². The monoisotopic (exact) mass is 383 g/mol. The van der Waals surface area contributed by atoms with Crippen LogP contribution in [0.2, 0.25) is 5.02 Å². The van der Waals surface area contributed by atoms with Crippen molar-refractivity contribution in [2.24, 2.45) is 0 Å². The third kappa shape index (κ3) is 3.85. The Balaban J connectivity index is 2.03. The van der Waals surface area contributed by atoms with Crippen LogP contribution in [0.3, 0.4) is 0 Å². The van der Waals surface area contributed by atoms with Crippen molar-refractivity contribution < 1.29 is 18.0 Å². The second-order valence-electron chi connectivity index (χ2n) is 4.85. The van der Waals surface area contributed by atoms with Crippen molar-refractivity contribution >= 4 is 28.5 Å². The lowest BCUT2D eigenvalue weighted by molar-refractivity contribution is -0.143. The summed E-state index contributed by atoms with van der Waals surface area (Å²) in [5.41, 5.74) is -1.51. The molecule has 2 heterocycles. The highest BCUT2D eigenvalue weighted by Gasteiger charge is 2.40. The number of alkyl halides is 3. The maximum absolute atomic E-state index is 13.5. The lowest BCUT2D eigenvalue weighted by Crippen LogP contribution is -2.16. The molecule has 0 aliphatic heterocycles. The van der Waals surface area contributed by atoms with Crippen molar-refractivity contribution in [3.05, 3.63) is 71.1 Å². The molecule has 0 unspecified atom stereocenters. The summed E-state index contributed by atoms with van der Waals surface area (Å²) in [6.07, 6.45) is -2.39. The molecule has 2 aromatic heterocycles. The van der Waals surface area contributed by atoms with E-state index in [-0.39, 0.29) is 5.69 Å². The summed E-state index contributed by atoms with van der Waals surface area (Å²) in [5.74, 6) is 0. The lowest BCUT2D eigenvalue weighted by Gasteiger charge is -2.12. The van der Waals surface area contributed by atoms with E-state index in [1.807, 2.05) is 0 Å². The van der Waals surface area contributed by atoms with E-state index in [9.17, 15) is 18.0 Å². The van der Waals surface area contributed by atoms with E-state index in [2.05, 4.69) is 10.1 Å². The molecule has 4 nitrogen and oxygen atoms in total. The highest BCUT2D eigenvalue weighted by atomic mass is 35.5. The van der Waals surface area contributed by atoms with Gasteiger partial charge in [0.2, 0.25) is 5.12 Å². The number of aromatic nitrogens is 3. The number of nitrogens with zero attached hydrogens (tertiary/aromatic N) is 3. The van der Waals surface area contributed by atoms with E-state index in [4.69, 9.17) is 11.6 Å². The molecule has 0 spiro atoms. The van der Waals surface area contributed by atoms with E-state index >= 15 is 0 Å². The molecule has 0 atom stereocenters. The molecule has 0 saturated heterocycles. The number of rotatable bonds is 3. The average molecular weight is 384 g/mol. The minimum atomic E-state index is -4.76. The molecular formula is C16H9ClF3N3OS. The molecular weight excluding hydrogens is 375 g/mol. The standard InChI is InChI=1S/C16H9ClF3N3OS/c17-10-4-6-11(7-5-10)23-14(16(18,19)20)12(9-22-23)15(24)25-13-3-1-2-8-21-13/h1-9H. The highest BCUT2D eigenvalue weighted by Crippen LogP contribution is 2.36. The van der Waals surface area contributed by atoms with Crippen molar-refractivity contribution in [3.8, 4) is 5.69 Å². The molecule has 3 aromatic rings. The zero-order chi connectivity index (χ0) is 18.0. The molecule has 128 valence electrons. The summed E-state index contributed by atoms with van der Waals surface area (Å²) in [7, 11) is 0. The van der Waals surface area contributed by atoms with Gasteiger partial charge in [-0.25, -0.2) is 9.67 Å². The summed E-state index contributed by atoms with van der Waals surface area (Å²) in [6.45, 7) is 0. The SMILES string of the molecule is O=C(Sc1ccccn1)c1cnn(-c2ccc(Cl)cc2)c1C(F)(F)F. The number of hydrogen-bond donors (Lipinski definition) is 0. The van der Waals surface area contributed by atoms with Gasteiger partial charge in [-0.05, 0) is 48.2 Å². The summed E-state index contributed by atoms with van der Waals surface area (Å²) >= 11 is 6.37. The molecule has 0 fully saturated rings. The maximum Gasteiger partial charge on any atom is 0.434 e. The minimum Gasteiger partial charge on any atom is -0.281 e. The fourth-order valence-corrected chi connectivity index (χ4v) is 2.94. The van der Waals surface area contributed by atoms with Gasteiger partial charge >= 0.3 is 6.18 Å². The fourth-order valence-electron chi connectivity index (χ4n) is 2.11. The van der Waals surface area contributed by atoms with Crippen molar-refractivity contribution in [2.45, 2.75) is 11.2 Å². The Hall–Kier alpha value is -2.32. The molecule has 25 heavy (non-hydrogen) atoms. The molecule has 3 rings (SSSR count). The van der Waals surface area contributed by atoms with Gasteiger partial charge in [0.25, 0.3) is 0 Å². The summed E-state index contributed by atoms with van der Waals surface area (Å²) in [4.78, 5) is 16.3. The minimum absolute atomic E-state index is 0.151. The van der Waals surface area contributed by atoms with Crippen LogP contribution >= 0.6 is 23.4 Å². The Bertz CT molecular complexity index is 895. The first-order valence-corrected chi connectivity index (χ1v) is 8.10. The molecule has 1 aromatic carbocycles. The van der Waals surface area contributed by atoms with Crippen LogP contribution in [0.1, 0.15) is 16.1 Å². The summed E-state index contributed by atoms with van der Waals surface area (Å²) in [6, 6.07) is 10.5. The predicted octanol–water partition coefficient (Wildman–Crippen LogP) is 4.87. The van der Waals surface area contributed by atoms with Gasteiger partial charge in [0.15, 0.2) is 5.69 Å². The number of halogens is 4. The molecule has 0 aliphatic rings. The van der Waals surface area contributed by atoms with Crippen LogP contribution in [0.15, 0.2) is 59.9 Å². The van der Waals surface area contributed by atoms with Gasteiger partial charge in [0.05, 0.1) is 17.4 Å². The average Bonchev–Trinajstić information content (AvgIpc) is 3.02. The van der Waals surface area contributed by atoms with Crippen molar-refractivity contribution in [3.63, 3.8) is 0 Å². The van der Waals surface area contributed by atoms with E-state index in [0.717, 1.165) is 6.20 Å². The van der Waals surface area contributed by atoms with Crippen LogP contribution in [0.5, 0.6) is 0 Å². The third-order valence-corrected chi connectivity index (χ3v) is 4.27. The second-order valence-corrected chi connectivity index (χ2v) is 6.28. The Morgan fingerprint density at radius 2 is 1.84 bits per heavy atom. The fraction of sp³-hybridized carbons (Fsp3) is 0.0625. The Morgan fingerprint density at radius 3 is 2.44 bits per heavy atom. The smallest absolute Gasteiger partial charge is 0.281 e. The molecule has 0 saturated carbocycles. The highest BCUT2D eigenvalue weighted by molar-refractivity contribution is 8.14. The number of thioether (sulfide) groups is 1. The van der Waals surface area contributed by atoms with Crippen LogP contribution in [0.25, 0.3) is 5.69 Å². The predicted molar refractivity (Wildman–Crippen MR) is 88.0 cm³/mol. The van der Waals surface area contributed by atoms with Gasteiger partial charge in [-0.3, -0.25) is 4.79 Å². The first-order chi connectivity index (χ1) is 11.9. The van der Waals surface area contributed by atoms with E-state index < -0.39 is 22.5 Å². The Morgan fingerprint density at radius 1 is 1.12 bits per heavy atom. The Kier molecular flexibility index (Phi) is 4.82. The third-order valence-electron chi connectivity index (χ3n) is 3.16. The molecule has 0 aliphatic carbocycles. The van der Waals surface area contributed by atoms with Crippen molar-refractivity contribution in [1.82, 2.24) is 14.8 Å². The number of hydrogen-bond acceptors (Lipinski definition) is 4. The van der Waals surface area contributed by atoms with E-state index in [1.165, 1.54) is 30.5 Å². The number of carbonyl (C=O) groups is 1. The molecule has 0 bridgehead atoms.